The van der Waals surface area contributed by atoms with E-state index in [-0.39, 0.29) is 5.56 Å². The molecule has 8 heteroatoms. The van der Waals surface area contributed by atoms with E-state index in [4.69, 9.17) is 4.74 Å². The highest BCUT2D eigenvalue weighted by atomic mass is 16.5. The van der Waals surface area contributed by atoms with Crippen LogP contribution in [-0.4, -0.2) is 44.7 Å². The first-order valence-electron chi connectivity index (χ1n) is 10.1. The molecule has 1 aliphatic rings. The summed E-state index contributed by atoms with van der Waals surface area (Å²) in [5.74, 6) is 2.08. The van der Waals surface area contributed by atoms with E-state index in [9.17, 15) is 4.79 Å². The van der Waals surface area contributed by atoms with Gasteiger partial charge in [0, 0.05) is 37.3 Å². The van der Waals surface area contributed by atoms with Crippen molar-refractivity contribution in [2.45, 2.75) is 19.4 Å². The van der Waals surface area contributed by atoms with Crippen molar-refractivity contribution in [3.63, 3.8) is 0 Å². The van der Waals surface area contributed by atoms with Crippen LogP contribution in [0.5, 0.6) is 5.75 Å². The summed E-state index contributed by atoms with van der Waals surface area (Å²) in [6.07, 6.45) is 8.77. The lowest BCUT2D eigenvalue weighted by molar-refractivity contribution is 0.351. The standard InChI is InChI=1S/C22H22N6O2/c1-30-16-2-3-18-19(10-16)26-14-28(22(18)29)12-15-5-8-27(9-6-15)21-17-4-7-23-11-20(17)24-13-25-21/h2-4,7,10-11,13-15H,5-6,8-9,12H2,1H3. The maximum absolute atomic E-state index is 12.9. The van der Waals surface area contributed by atoms with Gasteiger partial charge in [-0.15, -0.1) is 0 Å². The van der Waals surface area contributed by atoms with Gasteiger partial charge in [-0.2, -0.15) is 0 Å². The Kier molecular flexibility index (Phi) is 4.74. The Labute approximate surface area is 173 Å². The summed E-state index contributed by atoms with van der Waals surface area (Å²) in [4.78, 5) is 32.6. The summed E-state index contributed by atoms with van der Waals surface area (Å²) in [5, 5.41) is 1.65. The third-order valence-electron chi connectivity index (χ3n) is 5.82. The fraction of sp³-hybridized carbons (Fsp3) is 0.318. The van der Waals surface area contributed by atoms with Crippen LogP contribution >= 0.6 is 0 Å². The Morgan fingerprint density at radius 1 is 1.07 bits per heavy atom. The molecule has 0 unspecified atom stereocenters. The van der Waals surface area contributed by atoms with E-state index in [1.54, 1.807) is 54.9 Å². The molecular formula is C22H22N6O2. The van der Waals surface area contributed by atoms with Gasteiger partial charge in [0.05, 0.1) is 36.1 Å². The van der Waals surface area contributed by atoms with Gasteiger partial charge in [-0.05, 0) is 37.0 Å². The van der Waals surface area contributed by atoms with E-state index in [0.717, 1.165) is 42.7 Å². The highest BCUT2D eigenvalue weighted by Gasteiger charge is 2.22. The van der Waals surface area contributed by atoms with E-state index < -0.39 is 0 Å². The summed E-state index contributed by atoms with van der Waals surface area (Å²) < 4.78 is 6.96. The minimum absolute atomic E-state index is 0.000577. The highest BCUT2D eigenvalue weighted by molar-refractivity contribution is 5.88. The smallest absolute Gasteiger partial charge is 0.261 e. The van der Waals surface area contributed by atoms with Gasteiger partial charge in [0.1, 0.15) is 17.9 Å². The number of anilines is 1. The van der Waals surface area contributed by atoms with Crippen LogP contribution < -0.4 is 15.2 Å². The Morgan fingerprint density at radius 2 is 1.93 bits per heavy atom. The van der Waals surface area contributed by atoms with Crippen LogP contribution in [-0.2, 0) is 6.54 Å². The van der Waals surface area contributed by atoms with Crippen LogP contribution in [0.15, 0.2) is 54.1 Å². The van der Waals surface area contributed by atoms with Gasteiger partial charge >= 0.3 is 0 Å². The summed E-state index contributed by atoms with van der Waals surface area (Å²) >= 11 is 0. The molecule has 8 nitrogen and oxygen atoms in total. The van der Waals surface area contributed by atoms with Crippen LogP contribution in [0.3, 0.4) is 0 Å². The van der Waals surface area contributed by atoms with Crippen molar-refractivity contribution in [1.82, 2.24) is 24.5 Å². The molecular weight excluding hydrogens is 380 g/mol. The van der Waals surface area contributed by atoms with Gasteiger partial charge in [-0.3, -0.25) is 14.3 Å². The van der Waals surface area contributed by atoms with Crippen LogP contribution in [0.2, 0.25) is 0 Å². The predicted molar refractivity (Wildman–Crippen MR) is 115 cm³/mol. The van der Waals surface area contributed by atoms with Crippen LogP contribution in [0.4, 0.5) is 5.82 Å². The number of methoxy groups -OCH3 is 1. The molecule has 5 rings (SSSR count). The third kappa shape index (κ3) is 3.34. The Balaban J connectivity index is 1.32. The number of pyridine rings is 1. The van der Waals surface area contributed by atoms with Crippen molar-refractivity contribution in [1.29, 1.82) is 0 Å². The number of hydrogen-bond acceptors (Lipinski definition) is 7. The first-order chi connectivity index (χ1) is 14.7. The summed E-state index contributed by atoms with van der Waals surface area (Å²) in [7, 11) is 1.61. The lowest BCUT2D eigenvalue weighted by Gasteiger charge is -2.33. The molecule has 0 radical (unpaired) electrons. The normalized spacial score (nSPS) is 15.0. The molecule has 1 fully saturated rings. The minimum Gasteiger partial charge on any atom is -0.497 e. The molecule has 0 atom stereocenters. The number of ether oxygens (including phenoxy) is 1. The first-order valence-corrected chi connectivity index (χ1v) is 10.1. The average molecular weight is 402 g/mol. The second-order valence-electron chi connectivity index (χ2n) is 7.61. The molecule has 0 N–H and O–H groups in total. The van der Waals surface area contributed by atoms with Crippen molar-refractivity contribution in [3.05, 3.63) is 59.7 Å². The number of nitrogens with zero attached hydrogens (tertiary/aromatic N) is 6. The van der Waals surface area contributed by atoms with E-state index in [1.165, 1.54) is 0 Å². The lowest BCUT2D eigenvalue weighted by atomic mass is 9.96. The zero-order valence-electron chi connectivity index (χ0n) is 16.7. The zero-order chi connectivity index (χ0) is 20.5. The largest absolute Gasteiger partial charge is 0.497 e. The SMILES string of the molecule is COc1ccc2c(=O)n(CC3CCN(c4ncnc5cnccc45)CC3)cnc2c1. The van der Waals surface area contributed by atoms with Crippen LogP contribution in [0, 0.1) is 5.92 Å². The van der Waals surface area contributed by atoms with Gasteiger partial charge < -0.3 is 9.64 Å². The number of rotatable bonds is 4. The van der Waals surface area contributed by atoms with Gasteiger partial charge in [-0.1, -0.05) is 0 Å². The molecule has 4 heterocycles. The Bertz CT molecular complexity index is 1260. The van der Waals surface area contributed by atoms with Crippen molar-refractivity contribution < 1.29 is 4.74 Å². The molecule has 0 amide bonds. The van der Waals surface area contributed by atoms with Gasteiger partial charge in [0.25, 0.3) is 5.56 Å². The highest BCUT2D eigenvalue weighted by Crippen LogP contribution is 2.27. The first kappa shape index (κ1) is 18.5. The van der Waals surface area contributed by atoms with E-state index >= 15 is 0 Å². The molecule has 3 aromatic heterocycles. The summed E-state index contributed by atoms with van der Waals surface area (Å²) in [6.45, 7) is 2.47. The van der Waals surface area contributed by atoms with Gasteiger partial charge in [0.2, 0.25) is 0 Å². The molecule has 4 aromatic rings. The molecule has 0 aliphatic carbocycles. The fourth-order valence-electron chi connectivity index (χ4n) is 4.15. The fourth-order valence-corrected chi connectivity index (χ4v) is 4.15. The summed E-state index contributed by atoms with van der Waals surface area (Å²) in [5.41, 5.74) is 1.52. The third-order valence-corrected chi connectivity index (χ3v) is 5.82. The quantitative estimate of drug-likeness (QED) is 0.519. The lowest BCUT2D eigenvalue weighted by Crippen LogP contribution is -2.37. The molecule has 0 spiro atoms. The zero-order valence-corrected chi connectivity index (χ0v) is 16.7. The van der Waals surface area contributed by atoms with Gasteiger partial charge in [0.15, 0.2) is 0 Å². The molecule has 152 valence electrons. The molecule has 0 bridgehead atoms. The van der Waals surface area contributed by atoms with Crippen LogP contribution in [0.25, 0.3) is 21.8 Å². The molecule has 1 saturated heterocycles. The van der Waals surface area contributed by atoms with Crippen molar-refractivity contribution in [2.24, 2.45) is 5.92 Å². The number of benzene rings is 1. The van der Waals surface area contributed by atoms with E-state index in [2.05, 4.69) is 24.8 Å². The maximum atomic E-state index is 12.9. The molecule has 30 heavy (non-hydrogen) atoms. The Hall–Kier alpha value is -3.55. The number of piperidine rings is 1. The van der Waals surface area contributed by atoms with Crippen molar-refractivity contribution >= 4 is 27.6 Å². The second kappa shape index (κ2) is 7.70. The van der Waals surface area contributed by atoms with E-state index in [0.29, 0.717) is 29.1 Å². The second-order valence-corrected chi connectivity index (χ2v) is 7.61. The van der Waals surface area contributed by atoms with E-state index in [1.807, 2.05) is 6.07 Å². The predicted octanol–water partition coefficient (Wildman–Crippen LogP) is 2.66. The molecule has 0 saturated carbocycles. The molecule has 1 aliphatic heterocycles. The van der Waals surface area contributed by atoms with Crippen molar-refractivity contribution in [3.8, 4) is 5.75 Å². The Morgan fingerprint density at radius 3 is 2.77 bits per heavy atom. The van der Waals surface area contributed by atoms with Crippen LogP contribution in [0.1, 0.15) is 12.8 Å². The number of hydrogen-bond donors (Lipinski definition) is 0. The monoisotopic (exact) mass is 402 g/mol. The number of aromatic nitrogens is 5. The van der Waals surface area contributed by atoms with Gasteiger partial charge in [-0.25, -0.2) is 15.0 Å². The summed E-state index contributed by atoms with van der Waals surface area (Å²) in [6, 6.07) is 7.35. The average Bonchev–Trinajstić information content (AvgIpc) is 2.81. The number of fused-ring (bicyclic) bond motifs is 2. The topological polar surface area (TPSA) is 86.0 Å². The minimum atomic E-state index is -0.000577. The molecule has 1 aromatic carbocycles. The maximum Gasteiger partial charge on any atom is 0.261 e. The van der Waals surface area contributed by atoms with Crippen molar-refractivity contribution in [2.75, 3.05) is 25.1 Å².